The third kappa shape index (κ3) is 4.67. The van der Waals surface area contributed by atoms with E-state index in [1.54, 1.807) is 54.8 Å². The van der Waals surface area contributed by atoms with Crippen LogP contribution in [-0.2, 0) is 9.53 Å². The Kier molecular flexibility index (Phi) is 6.57. The van der Waals surface area contributed by atoms with Crippen LogP contribution in [0.3, 0.4) is 0 Å². The number of rotatable bonds is 6. The highest BCUT2D eigenvalue weighted by molar-refractivity contribution is 7.99. The predicted octanol–water partition coefficient (Wildman–Crippen LogP) is 4.41. The number of carbonyl (C=O) groups excluding carboxylic acids is 2. The van der Waals surface area contributed by atoms with Crippen LogP contribution in [0.4, 0.5) is 10.1 Å². The second-order valence-corrected chi connectivity index (χ2v) is 8.84. The molecular formula is C23H18FN3O4S2. The number of anilines is 1. The minimum absolute atomic E-state index is 0.0877. The Labute approximate surface area is 196 Å². The summed E-state index contributed by atoms with van der Waals surface area (Å²) in [6.45, 7) is 1.63. The van der Waals surface area contributed by atoms with Gasteiger partial charge in [-0.1, -0.05) is 30.0 Å². The van der Waals surface area contributed by atoms with Gasteiger partial charge in [0.25, 0.3) is 5.56 Å². The molecular weight excluding hydrogens is 465 g/mol. The van der Waals surface area contributed by atoms with E-state index in [-0.39, 0.29) is 21.3 Å². The van der Waals surface area contributed by atoms with Crippen LogP contribution < -0.4 is 10.9 Å². The van der Waals surface area contributed by atoms with Crippen LogP contribution in [0.15, 0.2) is 63.9 Å². The average molecular weight is 484 g/mol. The van der Waals surface area contributed by atoms with Gasteiger partial charge in [-0.05, 0) is 48.2 Å². The molecule has 0 bridgehead atoms. The molecule has 0 unspecified atom stereocenters. The molecule has 0 atom stereocenters. The molecule has 0 spiro atoms. The molecule has 0 fully saturated rings. The molecule has 2 aromatic heterocycles. The number of hydrogen-bond acceptors (Lipinski definition) is 7. The summed E-state index contributed by atoms with van der Waals surface area (Å²) in [6, 6.07) is 12.9. The lowest BCUT2D eigenvalue weighted by molar-refractivity contribution is -0.113. The van der Waals surface area contributed by atoms with Gasteiger partial charge in [0.15, 0.2) is 5.16 Å². The maximum Gasteiger partial charge on any atom is 0.350 e. The number of aryl methyl sites for hydroxylation is 1. The Morgan fingerprint density at radius 1 is 1.21 bits per heavy atom. The quantitative estimate of drug-likeness (QED) is 0.248. The smallest absolute Gasteiger partial charge is 0.350 e. The van der Waals surface area contributed by atoms with Gasteiger partial charge in [0, 0.05) is 0 Å². The number of thioether (sulfide) groups is 1. The van der Waals surface area contributed by atoms with Gasteiger partial charge in [0.2, 0.25) is 5.91 Å². The second-order valence-electron chi connectivity index (χ2n) is 6.98. The highest BCUT2D eigenvalue weighted by atomic mass is 32.2. The maximum absolute atomic E-state index is 14.3. The zero-order valence-corrected chi connectivity index (χ0v) is 19.3. The second kappa shape index (κ2) is 9.55. The molecule has 0 aliphatic carbocycles. The Morgan fingerprint density at radius 2 is 2.00 bits per heavy atom. The summed E-state index contributed by atoms with van der Waals surface area (Å²) in [5.41, 5.74) is 1.22. The fraction of sp³-hybridized carbons (Fsp3) is 0.130. The molecule has 33 heavy (non-hydrogen) atoms. The molecule has 0 saturated heterocycles. The number of methoxy groups -OCH3 is 1. The first-order valence-corrected chi connectivity index (χ1v) is 11.6. The van der Waals surface area contributed by atoms with Gasteiger partial charge in [-0.25, -0.2) is 14.2 Å². The summed E-state index contributed by atoms with van der Waals surface area (Å²) in [5.74, 6) is -1.48. The molecule has 2 aromatic carbocycles. The van der Waals surface area contributed by atoms with Crippen LogP contribution in [0.1, 0.15) is 15.2 Å². The van der Waals surface area contributed by atoms with E-state index < -0.39 is 17.7 Å². The molecule has 1 N–H and O–H groups in total. The molecule has 4 aromatic rings. The number of para-hydroxylation sites is 1. The number of halogens is 1. The van der Waals surface area contributed by atoms with Crippen molar-refractivity contribution in [3.8, 4) is 5.69 Å². The third-order valence-electron chi connectivity index (χ3n) is 4.80. The van der Waals surface area contributed by atoms with Crippen molar-refractivity contribution in [3.05, 3.63) is 80.5 Å². The van der Waals surface area contributed by atoms with Crippen LogP contribution in [0, 0.1) is 12.7 Å². The van der Waals surface area contributed by atoms with Crippen molar-refractivity contribution in [2.24, 2.45) is 0 Å². The summed E-state index contributed by atoms with van der Waals surface area (Å²) in [4.78, 5) is 42.5. The first-order chi connectivity index (χ1) is 15.9. The molecule has 0 aliphatic rings. The minimum atomic E-state index is -0.542. The lowest BCUT2D eigenvalue weighted by atomic mass is 10.2. The predicted molar refractivity (Wildman–Crippen MR) is 127 cm³/mol. The largest absolute Gasteiger partial charge is 0.465 e. The number of hydrogen-bond donors (Lipinski definition) is 1. The Balaban J connectivity index is 1.66. The summed E-state index contributed by atoms with van der Waals surface area (Å²) in [6.07, 6.45) is 0. The Bertz CT molecular complexity index is 1430. The van der Waals surface area contributed by atoms with E-state index in [1.165, 1.54) is 17.7 Å². The van der Waals surface area contributed by atoms with Gasteiger partial charge in [0.1, 0.15) is 10.7 Å². The highest BCUT2D eigenvalue weighted by Gasteiger charge is 2.18. The first kappa shape index (κ1) is 22.7. The van der Waals surface area contributed by atoms with Gasteiger partial charge in [0.05, 0.1) is 35.1 Å². The van der Waals surface area contributed by atoms with Crippen LogP contribution >= 0.6 is 23.1 Å². The molecule has 0 saturated carbocycles. The number of nitrogens with zero attached hydrogens (tertiary/aromatic N) is 2. The Morgan fingerprint density at radius 3 is 2.76 bits per heavy atom. The van der Waals surface area contributed by atoms with Crippen LogP contribution in [0.25, 0.3) is 16.6 Å². The normalized spacial score (nSPS) is 10.9. The monoisotopic (exact) mass is 483 g/mol. The third-order valence-corrected chi connectivity index (χ3v) is 6.63. The maximum atomic E-state index is 14.3. The summed E-state index contributed by atoms with van der Waals surface area (Å²) < 4.78 is 20.3. The Hall–Kier alpha value is -3.50. The van der Waals surface area contributed by atoms with Crippen molar-refractivity contribution in [1.82, 2.24) is 9.55 Å². The van der Waals surface area contributed by atoms with Crippen molar-refractivity contribution >= 4 is 51.6 Å². The lowest BCUT2D eigenvalue weighted by Gasteiger charge is -2.14. The van der Waals surface area contributed by atoms with Gasteiger partial charge < -0.3 is 10.1 Å². The molecule has 4 rings (SSSR count). The molecule has 1 amide bonds. The number of ether oxygens (including phenoxy) is 1. The van der Waals surface area contributed by atoms with Crippen LogP contribution in [0.2, 0.25) is 0 Å². The lowest BCUT2D eigenvalue weighted by Crippen LogP contribution is -2.23. The number of thiophene rings is 1. The van der Waals surface area contributed by atoms with Crippen molar-refractivity contribution < 1.29 is 18.7 Å². The molecule has 168 valence electrons. The van der Waals surface area contributed by atoms with Crippen LogP contribution in [0.5, 0.6) is 0 Å². The molecule has 2 heterocycles. The van der Waals surface area contributed by atoms with E-state index in [0.717, 1.165) is 23.1 Å². The van der Waals surface area contributed by atoms with E-state index in [1.807, 2.05) is 0 Å². The molecule has 0 aliphatic heterocycles. The number of nitrogens with one attached hydrogen (secondary N) is 1. The van der Waals surface area contributed by atoms with Crippen molar-refractivity contribution in [1.29, 1.82) is 0 Å². The summed E-state index contributed by atoms with van der Waals surface area (Å²) in [7, 11) is 1.27. The zero-order valence-electron chi connectivity index (χ0n) is 17.6. The zero-order chi connectivity index (χ0) is 23.5. The van der Waals surface area contributed by atoms with Crippen molar-refractivity contribution in [2.75, 3.05) is 18.2 Å². The number of aromatic nitrogens is 2. The topological polar surface area (TPSA) is 90.3 Å². The van der Waals surface area contributed by atoms with Gasteiger partial charge in [-0.3, -0.25) is 14.2 Å². The summed E-state index contributed by atoms with van der Waals surface area (Å²) >= 11 is 2.19. The van der Waals surface area contributed by atoms with Gasteiger partial charge in [-0.2, -0.15) is 0 Å². The first-order valence-electron chi connectivity index (χ1n) is 9.76. The van der Waals surface area contributed by atoms with Gasteiger partial charge >= 0.3 is 5.97 Å². The standard InChI is InChI=1S/C23H18FN3O4S2/c1-13-7-8-14(11-16(13)24)27-21(29)15-5-3-4-6-17(15)26-23(27)33-12-19(28)25-18-9-10-32-20(18)22(30)31-2/h3-11H,12H2,1-2H3,(H,25,28). The highest BCUT2D eigenvalue weighted by Crippen LogP contribution is 2.25. The number of esters is 1. The summed E-state index contributed by atoms with van der Waals surface area (Å²) in [5, 5.41) is 4.98. The van der Waals surface area contributed by atoms with E-state index in [4.69, 9.17) is 4.74 Å². The van der Waals surface area contributed by atoms with E-state index in [2.05, 4.69) is 10.3 Å². The van der Waals surface area contributed by atoms with E-state index in [0.29, 0.717) is 27.8 Å². The minimum Gasteiger partial charge on any atom is -0.465 e. The van der Waals surface area contributed by atoms with E-state index in [9.17, 15) is 18.8 Å². The average Bonchev–Trinajstić information content (AvgIpc) is 3.27. The molecule has 10 heteroatoms. The van der Waals surface area contributed by atoms with Gasteiger partial charge in [-0.15, -0.1) is 11.3 Å². The number of benzene rings is 2. The number of fused-ring (bicyclic) bond motifs is 1. The fourth-order valence-corrected chi connectivity index (χ4v) is 4.71. The van der Waals surface area contributed by atoms with Crippen molar-refractivity contribution in [3.63, 3.8) is 0 Å². The van der Waals surface area contributed by atoms with Crippen LogP contribution in [-0.4, -0.2) is 34.3 Å². The van der Waals surface area contributed by atoms with E-state index >= 15 is 0 Å². The molecule has 0 radical (unpaired) electrons. The van der Waals surface area contributed by atoms with Crippen molar-refractivity contribution in [2.45, 2.75) is 12.1 Å². The number of amides is 1. The number of carbonyl (C=O) groups is 2. The SMILES string of the molecule is COC(=O)c1sccc1NC(=O)CSc1nc2ccccc2c(=O)n1-c1ccc(C)c(F)c1. The molecule has 7 nitrogen and oxygen atoms in total. The fourth-order valence-electron chi connectivity index (χ4n) is 3.13.